The number of nitrogens with zero attached hydrogens (tertiary/aromatic N) is 1. The van der Waals surface area contributed by atoms with E-state index in [0.717, 1.165) is 25.0 Å². The Morgan fingerprint density at radius 2 is 2.14 bits per heavy atom. The molecule has 0 aromatic heterocycles. The first-order valence-corrected chi connectivity index (χ1v) is 6.80. The summed E-state index contributed by atoms with van der Waals surface area (Å²) in [5, 5.41) is 0. The maximum Gasteiger partial charge on any atom is 0.416 e. The van der Waals surface area contributed by atoms with Crippen LogP contribution in [-0.2, 0) is 6.18 Å². The zero-order valence-electron chi connectivity index (χ0n) is 11.7. The lowest BCUT2D eigenvalue weighted by Gasteiger charge is -2.31. The molecule has 1 atom stereocenters. The lowest BCUT2D eigenvalue weighted by atomic mass is 9.99. The second-order valence-electron chi connectivity index (χ2n) is 5.40. The number of carbonyl (C=O) groups excluding carboxylic acids is 1. The van der Waals surface area contributed by atoms with Crippen molar-refractivity contribution in [2.75, 3.05) is 18.5 Å². The average Bonchev–Trinajstić information content (AvgIpc) is 2.44. The number of halogens is 3. The van der Waals surface area contributed by atoms with Gasteiger partial charge in [-0.05, 0) is 37.0 Å². The van der Waals surface area contributed by atoms with Gasteiger partial charge in [0.25, 0.3) is 5.91 Å². The predicted octanol–water partition coefficient (Wildman–Crippen LogP) is 2.86. The number of piperidine rings is 1. The third-order valence-corrected chi connectivity index (χ3v) is 3.68. The van der Waals surface area contributed by atoms with Crippen LogP contribution in [0.15, 0.2) is 18.2 Å². The van der Waals surface area contributed by atoms with Crippen molar-refractivity contribution in [1.82, 2.24) is 4.90 Å². The first-order chi connectivity index (χ1) is 9.82. The van der Waals surface area contributed by atoms with Crippen LogP contribution in [0.5, 0.6) is 0 Å². The smallest absolute Gasteiger partial charge is 0.338 e. The highest BCUT2D eigenvalue weighted by atomic mass is 19.4. The van der Waals surface area contributed by atoms with Crippen LogP contribution in [0.2, 0.25) is 0 Å². The minimum Gasteiger partial charge on any atom is -0.338 e. The number of nitrogens with two attached hydrogens (primary N) is 1. The molecular formula is C14H18F3N3O. The highest BCUT2D eigenvalue weighted by Gasteiger charge is 2.32. The number of likely N-dealkylation sites (tertiary alicyclic amines) is 1. The van der Waals surface area contributed by atoms with Crippen LogP contribution in [0.3, 0.4) is 0 Å². The van der Waals surface area contributed by atoms with Gasteiger partial charge >= 0.3 is 6.18 Å². The van der Waals surface area contributed by atoms with Gasteiger partial charge in [-0.2, -0.15) is 13.2 Å². The van der Waals surface area contributed by atoms with Crippen LogP contribution in [0.25, 0.3) is 0 Å². The number of rotatable bonds is 2. The number of hydrazine groups is 1. The zero-order chi connectivity index (χ0) is 15.6. The molecular weight excluding hydrogens is 283 g/mol. The van der Waals surface area contributed by atoms with Gasteiger partial charge in [0.15, 0.2) is 0 Å². The molecule has 21 heavy (non-hydrogen) atoms. The van der Waals surface area contributed by atoms with Crippen molar-refractivity contribution in [3.05, 3.63) is 29.3 Å². The van der Waals surface area contributed by atoms with Crippen molar-refractivity contribution < 1.29 is 18.0 Å². The third kappa shape index (κ3) is 3.47. The van der Waals surface area contributed by atoms with E-state index in [0.29, 0.717) is 19.0 Å². The van der Waals surface area contributed by atoms with E-state index in [9.17, 15) is 18.0 Å². The van der Waals surface area contributed by atoms with Crippen molar-refractivity contribution >= 4 is 11.6 Å². The van der Waals surface area contributed by atoms with Crippen molar-refractivity contribution in [3.63, 3.8) is 0 Å². The third-order valence-electron chi connectivity index (χ3n) is 3.68. The van der Waals surface area contributed by atoms with Crippen molar-refractivity contribution in [3.8, 4) is 0 Å². The molecule has 0 aliphatic carbocycles. The summed E-state index contributed by atoms with van der Waals surface area (Å²) in [5.74, 6) is 5.24. The number of benzene rings is 1. The summed E-state index contributed by atoms with van der Waals surface area (Å²) in [6, 6.07) is 2.95. The van der Waals surface area contributed by atoms with Crippen LogP contribution in [-0.4, -0.2) is 23.9 Å². The number of hydrogen-bond donors (Lipinski definition) is 2. The minimum absolute atomic E-state index is 0.0403. The Bertz CT molecular complexity index is 531. The normalized spacial score (nSPS) is 19.5. The Hall–Kier alpha value is -1.76. The van der Waals surface area contributed by atoms with Crippen LogP contribution in [0.1, 0.15) is 35.7 Å². The Kier molecular flexibility index (Phi) is 4.41. The summed E-state index contributed by atoms with van der Waals surface area (Å²) in [7, 11) is 0. The summed E-state index contributed by atoms with van der Waals surface area (Å²) >= 11 is 0. The Balaban J connectivity index is 2.34. The summed E-state index contributed by atoms with van der Waals surface area (Å²) in [6.45, 7) is 3.14. The summed E-state index contributed by atoms with van der Waals surface area (Å²) in [6.07, 6.45) is -2.61. The molecule has 1 saturated heterocycles. The summed E-state index contributed by atoms with van der Waals surface area (Å²) in [4.78, 5) is 14.1. The minimum atomic E-state index is -4.49. The van der Waals surface area contributed by atoms with Gasteiger partial charge < -0.3 is 10.3 Å². The number of hydrogen-bond acceptors (Lipinski definition) is 3. The topological polar surface area (TPSA) is 58.4 Å². The molecule has 1 unspecified atom stereocenters. The molecule has 0 bridgehead atoms. The van der Waals surface area contributed by atoms with E-state index in [4.69, 9.17) is 5.84 Å². The number of nitrogens with one attached hydrogen (secondary N) is 1. The second-order valence-corrected chi connectivity index (χ2v) is 5.40. The van der Waals surface area contributed by atoms with Gasteiger partial charge in [0, 0.05) is 13.1 Å². The Labute approximate surface area is 121 Å². The molecule has 1 amide bonds. The van der Waals surface area contributed by atoms with Crippen molar-refractivity contribution in [1.29, 1.82) is 0 Å². The lowest BCUT2D eigenvalue weighted by molar-refractivity contribution is -0.137. The van der Waals surface area contributed by atoms with Crippen molar-refractivity contribution in [2.45, 2.75) is 25.9 Å². The quantitative estimate of drug-likeness (QED) is 0.652. The van der Waals surface area contributed by atoms with Crippen LogP contribution in [0.4, 0.5) is 18.9 Å². The molecule has 4 nitrogen and oxygen atoms in total. The van der Waals surface area contributed by atoms with Crippen LogP contribution >= 0.6 is 0 Å². The lowest BCUT2D eigenvalue weighted by Crippen LogP contribution is -2.39. The maximum absolute atomic E-state index is 12.8. The highest BCUT2D eigenvalue weighted by Crippen LogP contribution is 2.32. The molecule has 1 aromatic rings. The van der Waals surface area contributed by atoms with E-state index in [-0.39, 0.29) is 11.3 Å². The predicted molar refractivity (Wildman–Crippen MR) is 73.6 cm³/mol. The van der Waals surface area contributed by atoms with Gasteiger partial charge in [0.1, 0.15) is 0 Å². The first kappa shape index (κ1) is 15.6. The van der Waals surface area contributed by atoms with Gasteiger partial charge in [0.2, 0.25) is 0 Å². The number of anilines is 1. The molecule has 3 N–H and O–H groups in total. The Morgan fingerprint density at radius 3 is 2.71 bits per heavy atom. The highest BCUT2D eigenvalue weighted by molar-refractivity contribution is 5.99. The van der Waals surface area contributed by atoms with E-state index in [1.54, 1.807) is 4.90 Å². The summed E-state index contributed by atoms with van der Waals surface area (Å²) in [5.41, 5.74) is 1.60. The van der Waals surface area contributed by atoms with E-state index >= 15 is 0 Å². The molecule has 7 heteroatoms. The first-order valence-electron chi connectivity index (χ1n) is 6.80. The molecule has 2 rings (SSSR count). The standard InChI is InChI=1S/C14H18F3N3O/c1-9-3-2-6-20(8-9)13(21)11-7-10(14(15,16)17)4-5-12(11)19-18/h4-5,7,9,19H,2-3,6,8,18H2,1H3. The fraction of sp³-hybridized carbons (Fsp3) is 0.500. The van der Waals surface area contributed by atoms with Gasteiger partial charge in [-0.1, -0.05) is 6.92 Å². The molecule has 0 radical (unpaired) electrons. The number of amides is 1. The van der Waals surface area contributed by atoms with Crippen LogP contribution in [0, 0.1) is 5.92 Å². The molecule has 1 aliphatic rings. The van der Waals surface area contributed by atoms with Gasteiger partial charge in [-0.15, -0.1) is 0 Å². The van der Waals surface area contributed by atoms with E-state index in [1.165, 1.54) is 6.07 Å². The SMILES string of the molecule is CC1CCCN(C(=O)c2cc(C(F)(F)F)ccc2NN)C1. The van der Waals surface area contributed by atoms with E-state index in [1.807, 2.05) is 6.92 Å². The van der Waals surface area contributed by atoms with Gasteiger partial charge in [-0.3, -0.25) is 10.6 Å². The number of carbonyl (C=O) groups is 1. The summed E-state index contributed by atoms with van der Waals surface area (Å²) < 4.78 is 38.4. The van der Waals surface area contributed by atoms with E-state index < -0.39 is 17.6 Å². The maximum atomic E-state index is 12.8. The Morgan fingerprint density at radius 1 is 1.43 bits per heavy atom. The fourth-order valence-electron chi connectivity index (χ4n) is 2.57. The van der Waals surface area contributed by atoms with Gasteiger partial charge in [-0.25, -0.2) is 0 Å². The molecule has 0 spiro atoms. The monoisotopic (exact) mass is 301 g/mol. The number of alkyl halides is 3. The molecule has 1 fully saturated rings. The van der Waals surface area contributed by atoms with Crippen LogP contribution < -0.4 is 11.3 Å². The largest absolute Gasteiger partial charge is 0.416 e. The molecule has 0 saturated carbocycles. The number of nitrogen functional groups attached to an aromatic ring is 1. The van der Waals surface area contributed by atoms with Crippen molar-refractivity contribution in [2.24, 2.45) is 11.8 Å². The molecule has 1 heterocycles. The van der Waals surface area contributed by atoms with Gasteiger partial charge in [0.05, 0.1) is 16.8 Å². The molecule has 1 aromatic carbocycles. The average molecular weight is 301 g/mol. The molecule has 116 valence electrons. The zero-order valence-corrected chi connectivity index (χ0v) is 11.7. The fourth-order valence-corrected chi connectivity index (χ4v) is 2.57. The second kappa shape index (κ2) is 5.93. The molecule has 1 aliphatic heterocycles. The van der Waals surface area contributed by atoms with E-state index in [2.05, 4.69) is 5.43 Å².